The first kappa shape index (κ1) is 14.3. The predicted molar refractivity (Wildman–Crippen MR) is 84.7 cm³/mol. The van der Waals surface area contributed by atoms with E-state index >= 15 is 0 Å². The third-order valence-electron chi connectivity index (χ3n) is 3.52. The van der Waals surface area contributed by atoms with Crippen LogP contribution in [-0.2, 0) is 0 Å². The van der Waals surface area contributed by atoms with Gasteiger partial charge in [-0.05, 0) is 20.3 Å². The van der Waals surface area contributed by atoms with Crippen LogP contribution >= 0.6 is 0 Å². The molecule has 0 saturated heterocycles. The molecule has 2 aromatic rings. The Morgan fingerprint density at radius 1 is 1.15 bits per heavy atom. The van der Waals surface area contributed by atoms with Crippen molar-refractivity contribution >= 4 is 11.6 Å². The number of anilines is 2. The summed E-state index contributed by atoms with van der Waals surface area (Å²) in [6.07, 6.45) is 1.07. The summed E-state index contributed by atoms with van der Waals surface area (Å²) >= 11 is 0. The number of nitrogen functional groups attached to an aromatic ring is 1. The van der Waals surface area contributed by atoms with E-state index in [0.29, 0.717) is 17.7 Å². The van der Waals surface area contributed by atoms with E-state index in [1.54, 1.807) is 0 Å². The molecular weight excluding hydrogens is 248 g/mol. The van der Waals surface area contributed by atoms with Gasteiger partial charge in [-0.3, -0.25) is 0 Å². The lowest BCUT2D eigenvalue weighted by Crippen LogP contribution is -2.33. The summed E-state index contributed by atoms with van der Waals surface area (Å²) in [5, 5.41) is 0. The zero-order valence-electron chi connectivity index (χ0n) is 12.4. The number of hydrogen-bond acceptors (Lipinski definition) is 4. The molecule has 20 heavy (non-hydrogen) atoms. The van der Waals surface area contributed by atoms with Gasteiger partial charge in [0.15, 0.2) is 5.82 Å². The number of aromatic nitrogens is 2. The minimum Gasteiger partial charge on any atom is -0.384 e. The zero-order chi connectivity index (χ0) is 14.5. The molecule has 0 aliphatic carbocycles. The molecule has 0 fully saturated rings. The van der Waals surface area contributed by atoms with Crippen LogP contribution in [0.3, 0.4) is 0 Å². The molecule has 0 aliphatic rings. The first-order chi connectivity index (χ1) is 9.65. The molecule has 2 rings (SSSR count). The van der Waals surface area contributed by atoms with Gasteiger partial charge < -0.3 is 10.6 Å². The topological polar surface area (TPSA) is 55.0 Å². The van der Waals surface area contributed by atoms with Gasteiger partial charge in [0.2, 0.25) is 0 Å². The molecule has 0 aliphatic heterocycles. The Morgan fingerprint density at radius 2 is 1.85 bits per heavy atom. The summed E-state index contributed by atoms with van der Waals surface area (Å²) in [7, 11) is 0. The van der Waals surface area contributed by atoms with Gasteiger partial charge >= 0.3 is 0 Å². The lowest BCUT2D eigenvalue weighted by molar-refractivity contribution is 0.623. The Kier molecular flexibility index (Phi) is 4.56. The summed E-state index contributed by atoms with van der Waals surface area (Å²) in [5.41, 5.74) is 6.94. The summed E-state index contributed by atoms with van der Waals surface area (Å²) < 4.78 is 0. The van der Waals surface area contributed by atoms with Gasteiger partial charge in [0.1, 0.15) is 11.6 Å². The van der Waals surface area contributed by atoms with Crippen LogP contribution < -0.4 is 10.6 Å². The van der Waals surface area contributed by atoms with E-state index in [2.05, 4.69) is 35.6 Å². The highest BCUT2D eigenvalue weighted by molar-refractivity contribution is 5.60. The molecule has 2 N–H and O–H groups in total. The zero-order valence-corrected chi connectivity index (χ0v) is 12.4. The van der Waals surface area contributed by atoms with E-state index in [1.807, 2.05) is 36.4 Å². The Labute approximate surface area is 120 Å². The molecule has 1 heterocycles. The molecule has 4 nitrogen and oxygen atoms in total. The minimum atomic E-state index is 0.429. The molecule has 0 saturated carbocycles. The lowest BCUT2D eigenvalue weighted by Gasteiger charge is -2.28. The Bertz CT molecular complexity index is 554. The number of nitrogens with zero attached hydrogens (tertiary/aromatic N) is 3. The average Bonchev–Trinajstić information content (AvgIpc) is 2.48. The maximum Gasteiger partial charge on any atom is 0.163 e. The van der Waals surface area contributed by atoms with Crippen molar-refractivity contribution in [2.24, 2.45) is 0 Å². The first-order valence-corrected chi connectivity index (χ1v) is 7.12. The van der Waals surface area contributed by atoms with Gasteiger partial charge in [-0.25, -0.2) is 9.97 Å². The highest BCUT2D eigenvalue weighted by atomic mass is 15.2. The molecule has 1 atom stereocenters. The second-order valence-electron chi connectivity index (χ2n) is 4.88. The monoisotopic (exact) mass is 270 g/mol. The van der Waals surface area contributed by atoms with Crippen LogP contribution in [0.15, 0.2) is 36.4 Å². The van der Waals surface area contributed by atoms with Crippen LogP contribution in [0.25, 0.3) is 11.4 Å². The van der Waals surface area contributed by atoms with Gasteiger partial charge in [-0.15, -0.1) is 0 Å². The van der Waals surface area contributed by atoms with Crippen molar-refractivity contribution in [1.82, 2.24) is 9.97 Å². The van der Waals surface area contributed by atoms with E-state index in [9.17, 15) is 0 Å². The van der Waals surface area contributed by atoms with Gasteiger partial charge in [-0.1, -0.05) is 37.3 Å². The first-order valence-electron chi connectivity index (χ1n) is 7.12. The quantitative estimate of drug-likeness (QED) is 0.905. The summed E-state index contributed by atoms with van der Waals surface area (Å²) in [5.74, 6) is 2.09. The maximum atomic E-state index is 5.95. The fourth-order valence-corrected chi connectivity index (χ4v) is 2.24. The number of rotatable bonds is 5. The van der Waals surface area contributed by atoms with E-state index in [1.165, 1.54) is 0 Å². The van der Waals surface area contributed by atoms with E-state index in [0.717, 1.165) is 24.3 Å². The van der Waals surface area contributed by atoms with Crippen molar-refractivity contribution in [3.63, 3.8) is 0 Å². The molecule has 4 heteroatoms. The van der Waals surface area contributed by atoms with Crippen molar-refractivity contribution in [1.29, 1.82) is 0 Å². The predicted octanol–water partition coefficient (Wildman–Crippen LogP) is 3.35. The van der Waals surface area contributed by atoms with Crippen LogP contribution in [0.5, 0.6) is 0 Å². The molecule has 1 aromatic heterocycles. The van der Waals surface area contributed by atoms with Crippen LogP contribution in [0.2, 0.25) is 0 Å². The second kappa shape index (κ2) is 6.37. The van der Waals surface area contributed by atoms with Crippen molar-refractivity contribution < 1.29 is 0 Å². The molecule has 106 valence electrons. The fourth-order valence-electron chi connectivity index (χ4n) is 2.24. The Balaban J connectivity index is 2.43. The van der Waals surface area contributed by atoms with Gasteiger partial charge in [0, 0.05) is 24.2 Å². The standard InChI is InChI=1S/C16H22N4/c1-4-12(3)20(5-2)15-11-14(17)18-16(19-15)13-9-7-6-8-10-13/h6-12H,4-5H2,1-3H3,(H2,17,18,19). The SMILES string of the molecule is CCC(C)N(CC)c1cc(N)nc(-c2ccccc2)n1. The molecule has 1 unspecified atom stereocenters. The highest BCUT2D eigenvalue weighted by Crippen LogP contribution is 2.22. The smallest absolute Gasteiger partial charge is 0.163 e. The molecule has 0 radical (unpaired) electrons. The van der Waals surface area contributed by atoms with Crippen LogP contribution in [0.1, 0.15) is 27.2 Å². The van der Waals surface area contributed by atoms with Crippen molar-refractivity contribution in [3.05, 3.63) is 36.4 Å². The van der Waals surface area contributed by atoms with Crippen molar-refractivity contribution in [2.75, 3.05) is 17.2 Å². The third kappa shape index (κ3) is 3.07. The van der Waals surface area contributed by atoms with Gasteiger partial charge in [0.05, 0.1) is 0 Å². The van der Waals surface area contributed by atoms with Crippen LogP contribution in [-0.4, -0.2) is 22.6 Å². The summed E-state index contributed by atoms with van der Waals surface area (Å²) in [6.45, 7) is 7.41. The third-order valence-corrected chi connectivity index (χ3v) is 3.52. The molecule has 0 amide bonds. The Hall–Kier alpha value is -2.10. The summed E-state index contributed by atoms with van der Waals surface area (Å²) in [6, 6.07) is 12.2. The van der Waals surface area contributed by atoms with Crippen LogP contribution in [0, 0.1) is 0 Å². The largest absolute Gasteiger partial charge is 0.384 e. The number of hydrogen-bond donors (Lipinski definition) is 1. The van der Waals surface area contributed by atoms with Gasteiger partial charge in [-0.2, -0.15) is 0 Å². The molecule has 0 bridgehead atoms. The Morgan fingerprint density at radius 3 is 2.45 bits per heavy atom. The molecular formula is C16H22N4. The van der Waals surface area contributed by atoms with Crippen molar-refractivity contribution in [2.45, 2.75) is 33.2 Å². The summed E-state index contributed by atoms with van der Waals surface area (Å²) in [4.78, 5) is 11.3. The number of benzene rings is 1. The van der Waals surface area contributed by atoms with Crippen molar-refractivity contribution in [3.8, 4) is 11.4 Å². The van der Waals surface area contributed by atoms with Crippen LogP contribution in [0.4, 0.5) is 11.6 Å². The van der Waals surface area contributed by atoms with E-state index < -0.39 is 0 Å². The lowest BCUT2D eigenvalue weighted by atomic mass is 10.2. The minimum absolute atomic E-state index is 0.429. The highest BCUT2D eigenvalue weighted by Gasteiger charge is 2.14. The number of nitrogens with two attached hydrogens (primary N) is 1. The van der Waals surface area contributed by atoms with Gasteiger partial charge in [0.25, 0.3) is 0 Å². The molecule has 0 spiro atoms. The molecule has 1 aromatic carbocycles. The average molecular weight is 270 g/mol. The fraction of sp³-hybridized carbons (Fsp3) is 0.375. The second-order valence-corrected chi connectivity index (χ2v) is 4.88. The maximum absolute atomic E-state index is 5.95. The normalized spacial score (nSPS) is 12.2. The van der Waals surface area contributed by atoms with E-state index in [4.69, 9.17) is 5.73 Å². The van der Waals surface area contributed by atoms with E-state index in [-0.39, 0.29) is 0 Å².